The van der Waals surface area contributed by atoms with Crippen molar-refractivity contribution in [2.75, 3.05) is 18.4 Å². The molecular weight excluding hydrogens is 418 g/mol. The summed E-state index contributed by atoms with van der Waals surface area (Å²) in [5.41, 5.74) is 4.14. The number of aromatic amines is 1. The summed E-state index contributed by atoms with van der Waals surface area (Å²) in [5, 5.41) is 4.06. The van der Waals surface area contributed by atoms with Crippen molar-refractivity contribution in [3.8, 4) is 0 Å². The molecule has 1 fully saturated rings. The maximum Gasteiger partial charge on any atom is 0.270 e. The smallest absolute Gasteiger partial charge is 0.270 e. The number of hydrogen-bond acceptors (Lipinski definition) is 2. The maximum atomic E-state index is 13.1. The topological polar surface area (TPSA) is 65.2 Å². The Morgan fingerprint density at radius 1 is 1.14 bits per heavy atom. The number of nitrogens with zero attached hydrogens (tertiary/aromatic N) is 1. The van der Waals surface area contributed by atoms with Crippen LogP contribution in [-0.4, -0.2) is 34.8 Å². The average molecular weight is 438 g/mol. The zero-order valence-corrected chi connectivity index (χ0v) is 17.1. The van der Waals surface area contributed by atoms with E-state index in [9.17, 15) is 9.59 Å². The Morgan fingerprint density at radius 3 is 2.68 bits per heavy atom. The van der Waals surface area contributed by atoms with Crippen LogP contribution in [0.3, 0.4) is 0 Å². The molecule has 142 valence electrons. The van der Waals surface area contributed by atoms with E-state index in [1.54, 1.807) is 0 Å². The Labute approximate surface area is 171 Å². The van der Waals surface area contributed by atoms with Crippen LogP contribution in [0.2, 0.25) is 0 Å². The number of hydrogen-bond donors (Lipinski definition) is 2. The molecular formula is C22H20BrN3O2. The molecule has 2 N–H and O–H groups in total. The summed E-state index contributed by atoms with van der Waals surface area (Å²) in [7, 11) is 0. The highest BCUT2D eigenvalue weighted by atomic mass is 79.9. The number of piperidine rings is 1. The number of halogens is 1. The second-order valence-electron chi connectivity index (χ2n) is 7.74. The Kier molecular flexibility index (Phi) is 3.88. The molecule has 2 amide bonds. The fourth-order valence-electron chi connectivity index (χ4n) is 4.57. The number of benzene rings is 2. The van der Waals surface area contributed by atoms with Crippen LogP contribution in [0.5, 0.6) is 0 Å². The van der Waals surface area contributed by atoms with Gasteiger partial charge in [-0.2, -0.15) is 0 Å². The minimum Gasteiger partial charge on any atom is -0.350 e. The Balaban J connectivity index is 1.40. The lowest BCUT2D eigenvalue weighted by Crippen LogP contribution is -2.48. The molecule has 5 nitrogen and oxygen atoms in total. The fraction of sp³-hybridized carbons (Fsp3) is 0.273. The monoisotopic (exact) mass is 437 g/mol. The summed E-state index contributed by atoms with van der Waals surface area (Å²) in [6, 6.07) is 13.9. The van der Waals surface area contributed by atoms with E-state index < -0.39 is 5.41 Å². The highest BCUT2D eigenvalue weighted by Gasteiger charge is 2.49. The Morgan fingerprint density at radius 2 is 1.93 bits per heavy atom. The largest absolute Gasteiger partial charge is 0.350 e. The van der Waals surface area contributed by atoms with Gasteiger partial charge in [0.15, 0.2) is 0 Å². The van der Waals surface area contributed by atoms with Crippen molar-refractivity contribution in [3.63, 3.8) is 0 Å². The molecule has 0 radical (unpaired) electrons. The molecule has 1 spiro atoms. The van der Waals surface area contributed by atoms with Crippen LogP contribution < -0.4 is 5.32 Å². The molecule has 5 rings (SSSR count). The van der Waals surface area contributed by atoms with Crippen LogP contribution in [0.4, 0.5) is 5.69 Å². The van der Waals surface area contributed by atoms with Crippen LogP contribution in [0, 0.1) is 6.92 Å². The zero-order valence-electron chi connectivity index (χ0n) is 15.5. The summed E-state index contributed by atoms with van der Waals surface area (Å²) >= 11 is 3.52. The van der Waals surface area contributed by atoms with E-state index in [1.807, 2.05) is 54.3 Å². The number of carbonyl (C=O) groups excluding carboxylic acids is 2. The highest BCUT2D eigenvalue weighted by Crippen LogP contribution is 2.46. The highest BCUT2D eigenvalue weighted by molar-refractivity contribution is 9.10. The van der Waals surface area contributed by atoms with Crippen molar-refractivity contribution in [3.05, 3.63) is 63.8 Å². The fourth-order valence-corrected chi connectivity index (χ4v) is 4.93. The first kappa shape index (κ1) is 17.5. The first-order valence-electron chi connectivity index (χ1n) is 9.47. The number of aryl methyl sites for hydroxylation is 1. The van der Waals surface area contributed by atoms with Gasteiger partial charge in [0.2, 0.25) is 5.91 Å². The number of anilines is 1. The van der Waals surface area contributed by atoms with Gasteiger partial charge in [-0.1, -0.05) is 34.1 Å². The SMILES string of the molecule is Cc1cccc2cc(C(=O)N3CCC4(CC3)C(=O)Nc3ccc(Br)cc34)[nH]c12. The van der Waals surface area contributed by atoms with E-state index in [4.69, 9.17) is 0 Å². The van der Waals surface area contributed by atoms with E-state index >= 15 is 0 Å². The number of para-hydroxylation sites is 1. The van der Waals surface area contributed by atoms with Gasteiger partial charge >= 0.3 is 0 Å². The summed E-state index contributed by atoms with van der Waals surface area (Å²) in [6.45, 7) is 3.16. The molecule has 0 saturated carbocycles. The van der Waals surface area contributed by atoms with E-state index in [-0.39, 0.29) is 11.8 Å². The number of H-pyrrole nitrogens is 1. The normalized spacial score (nSPS) is 17.8. The van der Waals surface area contributed by atoms with Gasteiger partial charge in [0.05, 0.1) is 5.41 Å². The Bertz CT molecular complexity index is 1130. The lowest BCUT2D eigenvalue weighted by atomic mass is 9.73. The first-order chi connectivity index (χ1) is 13.5. The number of fused-ring (bicyclic) bond motifs is 3. The van der Waals surface area contributed by atoms with Gasteiger partial charge in [0, 0.05) is 34.2 Å². The van der Waals surface area contributed by atoms with Crippen molar-refractivity contribution in [1.29, 1.82) is 0 Å². The molecule has 1 aromatic heterocycles. The number of nitrogens with one attached hydrogen (secondary N) is 2. The average Bonchev–Trinajstić information content (AvgIpc) is 3.24. The number of carbonyl (C=O) groups is 2. The van der Waals surface area contributed by atoms with E-state index in [1.165, 1.54) is 0 Å². The number of amides is 2. The lowest BCUT2D eigenvalue weighted by Gasteiger charge is -2.37. The van der Waals surface area contributed by atoms with Crippen molar-refractivity contribution in [2.45, 2.75) is 25.2 Å². The molecule has 1 saturated heterocycles. The molecule has 3 aromatic rings. The van der Waals surface area contributed by atoms with Gasteiger partial charge in [-0.15, -0.1) is 0 Å². The summed E-state index contributed by atoms with van der Waals surface area (Å²) in [5.74, 6) is 0.0484. The van der Waals surface area contributed by atoms with Crippen molar-refractivity contribution in [1.82, 2.24) is 9.88 Å². The molecule has 3 heterocycles. The third kappa shape index (κ3) is 2.51. The van der Waals surface area contributed by atoms with E-state index in [2.05, 4.69) is 26.2 Å². The van der Waals surface area contributed by atoms with Crippen molar-refractivity contribution < 1.29 is 9.59 Å². The second-order valence-corrected chi connectivity index (χ2v) is 8.66. The first-order valence-corrected chi connectivity index (χ1v) is 10.3. The van der Waals surface area contributed by atoms with Gasteiger partial charge < -0.3 is 15.2 Å². The third-order valence-electron chi connectivity index (χ3n) is 6.18. The van der Waals surface area contributed by atoms with Gasteiger partial charge in [0.1, 0.15) is 5.69 Å². The zero-order chi connectivity index (χ0) is 19.5. The predicted octanol–water partition coefficient (Wildman–Crippen LogP) is 4.36. The van der Waals surface area contributed by atoms with Gasteiger partial charge in [-0.3, -0.25) is 9.59 Å². The van der Waals surface area contributed by atoms with Crippen LogP contribution >= 0.6 is 15.9 Å². The number of aromatic nitrogens is 1. The summed E-state index contributed by atoms with van der Waals surface area (Å²) < 4.78 is 0.967. The molecule has 28 heavy (non-hydrogen) atoms. The van der Waals surface area contributed by atoms with Crippen LogP contribution in [0.15, 0.2) is 46.9 Å². The second kappa shape index (κ2) is 6.21. The third-order valence-corrected chi connectivity index (χ3v) is 6.67. The van der Waals surface area contributed by atoms with Crippen molar-refractivity contribution in [2.24, 2.45) is 0 Å². The van der Waals surface area contributed by atoms with Gasteiger partial charge in [0.25, 0.3) is 5.91 Å². The molecule has 6 heteroatoms. The molecule has 0 aliphatic carbocycles. The minimum atomic E-state index is -0.535. The van der Waals surface area contributed by atoms with Gasteiger partial charge in [-0.25, -0.2) is 0 Å². The van der Waals surface area contributed by atoms with Crippen LogP contribution in [0.25, 0.3) is 10.9 Å². The van der Waals surface area contributed by atoms with E-state index in [0.29, 0.717) is 31.6 Å². The number of rotatable bonds is 1. The number of likely N-dealkylation sites (tertiary alicyclic amines) is 1. The molecule has 0 atom stereocenters. The molecule has 0 bridgehead atoms. The molecule has 2 aliphatic heterocycles. The van der Waals surface area contributed by atoms with E-state index in [0.717, 1.165) is 32.2 Å². The minimum absolute atomic E-state index is 0.00155. The van der Waals surface area contributed by atoms with Gasteiger partial charge in [-0.05, 0) is 55.2 Å². The quantitative estimate of drug-likeness (QED) is 0.593. The molecule has 0 unspecified atom stereocenters. The van der Waals surface area contributed by atoms with Crippen molar-refractivity contribution >= 4 is 44.3 Å². The Hall–Kier alpha value is -2.60. The summed E-state index contributed by atoms with van der Waals surface area (Å²) in [6.07, 6.45) is 1.26. The maximum absolute atomic E-state index is 13.1. The van der Waals surface area contributed by atoms with Crippen LogP contribution in [0.1, 0.15) is 34.5 Å². The molecule has 2 aliphatic rings. The summed E-state index contributed by atoms with van der Waals surface area (Å²) in [4.78, 5) is 31.0. The lowest BCUT2D eigenvalue weighted by molar-refractivity contribution is -0.122. The van der Waals surface area contributed by atoms with Crippen LogP contribution in [-0.2, 0) is 10.2 Å². The molecule has 2 aromatic carbocycles. The standard InChI is InChI=1S/C22H20BrN3O2/c1-13-3-2-4-14-11-18(24-19(13)14)20(27)26-9-7-22(8-10-26)16-12-15(23)5-6-17(16)25-21(22)28/h2-6,11-12,24H,7-10H2,1H3,(H,25,28). The predicted molar refractivity (Wildman–Crippen MR) is 113 cm³/mol.